The molecule has 0 aliphatic rings. The number of aromatic nitrogens is 2. The van der Waals surface area contributed by atoms with Crippen molar-refractivity contribution in [2.24, 2.45) is 0 Å². The van der Waals surface area contributed by atoms with Crippen molar-refractivity contribution in [1.29, 1.82) is 0 Å². The summed E-state index contributed by atoms with van der Waals surface area (Å²) in [7, 11) is 0. The zero-order valence-electron chi connectivity index (χ0n) is 11.4. The highest BCUT2D eigenvalue weighted by Gasteiger charge is 2.09. The Balaban J connectivity index is 2.32. The van der Waals surface area contributed by atoms with Crippen molar-refractivity contribution < 1.29 is 9.47 Å². The lowest BCUT2D eigenvalue weighted by Gasteiger charge is -2.14. The van der Waals surface area contributed by atoms with Crippen LogP contribution in [0.5, 0.6) is 11.5 Å². The van der Waals surface area contributed by atoms with Crippen molar-refractivity contribution in [3.8, 4) is 11.5 Å². The van der Waals surface area contributed by atoms with Gasteiger partial charge in [-0.05, 0) is 26.0 Å². The summed E-state index contributed by atoms with van der Waals surface area (Å²) < 4.78 is 11.1. The second kappa shape index (κ2) is 6.96. The standard InChI is InChI=1S/C14H16ClN3O2/c1-3-19-10-5-6-12(20-4-2)11(9-10)18-14-13(15)16-7-8-17-14/h5-9H,3-4H2,1-2H3,(H,17,18). The first-order valence-electron chi connectivity index (χ1n) is 6.37. The Bertz CT molecular complexity index is 578. The molecule has 0 unspecified atom stereocenters. The van der Waals surface area contributed by atoms with Gasteiger partial charge in [0.2, 0.25) is 0 Å². The van der Waals surface area contributed by atoms with E-state index in [9.17, 15) is 0 Å². The van der Waals surface area contributed by atoms with Crippen LogP contribution < -0.4 is 14.8 Å². The lowest BCUT2D eigenvalue weighted by atomic mass is 10.2. The topological polar surface area (TPSA) is 56.3 Å². The van der Waals surface area contributed by atoms with E-state index in [4.69, 9.17) is 21.1 Å². The number of anilines is 2. The molecule has 0 aliphatic carbocycles. The van der Waals surface area contributed by atoms with E-state index in [1.54, 1.807) is 6.20 Å². The summed E-state index contributed by atoms with van der Waals surface area (Å²) in [5.41, 5.74) is 0.736. The van der Waals surface area contributed by atoms with Crippen LogP contribution in [0.25, 0.3) is 0 Å². The molecule has 0 saturated heterocycles. The number of nitrogens with one attached hydrogen (secondary N) is 1. The smallest absolute Gasteiger partial charge is 0.171 e. The quantitative estimate of drug-likeness (QED) is 0.880. The van der Waals surface area contributed by atoms with E-state index in [-0.39, 0.29) is 0 Å². The molecule has 106 valence electrons. The van der Waals surface area contributed by atoms with Crippen molar-refractivity contribution in [3.05, 3.63) is 35.7 Å². The molecule has 1 aromatic heterocycles. The van der Waals surface area contributed by atoms with Crippen LogP contribution in [0.3, 0.4) is 0 Å². The van der Waals surface area contributed by atoms with Crippen molar-refractivity contribution in [3.63, 3.8) is 0 Å². The second-order valence-electron chi connectivity index (χ2n) is 3.84. The molecular weight excluding hydrogens is 278 g/mol. The van der Waals surface area contributed by atoms with Crippen LogP contribution in [0.15, 0.2) is 30.6 Å². The van der Waals surface area contributed by atoms with Crippen molar-refractivity contribution in [2.45, 2.75) is 13.8 Å². The molecule has 0 amide bonds. The van der Waals surface area contributed by atoms with Gasteiger partial charge in [0.05, 0.1) is 18.9 Å². The first-order chi connectivity index (χ1) is 9.74. The molecule has 1 aromatic carbocycles. The number of halogens is 1. The maximum absolute atomic E-state index is 6.00. The third-order valence-electron chi connectivity index (χ3n) is 2.47. The Morgan fingerprint density at radius 3 is 2.55 bits per heavy atom. The van der Waals surface area contributed by atoms with E-state index in [1.807, 2.05) is 32.0 Å². The van der Waals surface area contributed by atoms with E-state index in [1.165, 1.54) is 6.20 Å². The molecule has 0 spiro atoms. The summed E-state index contributed by atoms with van der Waals surface area (Å²) in [6, 6.07) is 5.55. The Kier molecular flexibility index (Phi) is 5.01. The number of benzene rings is 1. The highest BCUT2D eigenvalue weighted by molar-refractivity contribution is 6.31. The molecule has 2 aromatic rings. The van der Waals surface area contributed by atoms with Gasteiger partial charge in [0.15, 0.2) is 11.0 Å². The minimum atomic E-state index is 0.303. The summed E-state index contributed by atoms with van der Waals surface area (Å²) in [5, 5.41) is 3.42. The molecule has 20 heavy (non-hydrogen) atoms. The second-order valence-corrected chi connectivity index (χ2v) is 4.20. The van der Waals surface area contributed by atoms with E-state index in [0.29, 0.717) is 29.9 Å². The highest BCUT2D eigenvalue weighted by atomic mass is 35.5. The van der Waals surface area contributed by atoms with E-state index < -0.39 is 0 Å². The minimum absolute atomic E-state index is 0.303. The van der Waals surface area contributed by atoms with Crippen molar-refractivity contribution >= 4 is 23.1 Å². The van der Waals surface area contributed by atoms with Gasteiger partial charge >= 0.3 is 0 Å². The zero-order chi connectivity index (χ0) is 14.4. The zero-order valence-corrected chi connectivity index (χ0v) is 12.1. The maximum Gasteiger partial charge on any atom is 0.171 e. The van der Waals surface area contributed by atoms with Crippen LogP contribution in [-0.2, 0) is 0 Å². The maximum atomic E-state index is 6.00. The van der Waals surface area contributed by atoms with Crippen molar-refractivity contribution in [1.82, 2.24) is 9.97 Å². The van der Waals surface area contributed by atoms with Gasteiger partial charge in [0.25, 0.3) is 0 Å². The van der Waals surface area contributed by atoms with Crippen molar-refractivity contribution in [2.75, 3.05) is 18.5 Å². The average molecular weight is 294 g/mol. The highest BCUT2D eigenvalue weighted by Crippen LogP contribution is 2.32. The summed E-state index contributed by atoms with van der Waals surface area (Å²) in [4.78, 5) is 8.13. The molecular formula is C14H16ClN3O2. The molecule has 0 fully saturated rings. The number of hydrogen-bond acceptors (Lipinski definition) is 5. The van der Waals surface area contributed by atoms with Crippen LogP contribution in [0.1, 0.15) is 13.8 Å². The number of ether oxygens (including phenoxy) is 2. The van der Waals surface area contributed by atoms with Gasteiger partial charge in [-0.1, -0.05) is 11.6 Å². The van der Waals surface area contributed by atoms with E-state index in [0.717, 1.165) is 11.4 Å². The van der Waals surface area contributed by atoms with Gasteiger partial charge in [0, 0.05) is 18.5 Å². The summed E-state index contributed by atoms with van der Waals surface area (Å²) in [5.74, 6) is 1.93. The fourth-order valence-corrected chi connectivity index (χ4v) is 1.83. The van der Waals surface area contributed by atoms with Gasteiger partial charge in [-0.15, -0.1) is 0 Å². The molecule has 0 radical (unpaired) electrons. The molecule has 1 N–H and O–H groups in total. The Morgan fingerprint density at radius 1 is 1.10 bits per heavy atom. The van der Waals surface area contributed by atoms with Gasteiger partial charge in [-0.3, -0.25) is 0 Å². The first kappa shape index (κ1) is 14.4. The number of nitrogens with zero attached hydrogens (tertiary/aromatic N) is 2. The summed E-state index contributed by atoms with van der Waals surface area (Å²) in [6.07, 6.45) is 3.11. The monoisotopic (exact) mass is 293 g/mol. The molecule has 2 rings (SSSR count). The molecule has 6 heteroatoms. The first-order valence-corrected chi connectivity index (χ1v) is 6.75. The fourth-order valence-electron chi connectivity index (χ4n) is 1.68. The predicted molar refractivity (Wildman–Crippen MR) is 79.1 cm³/mol. The van der Waals surface area contributed by atoms with Crippen LogP contribution in [0, 0.1) is 0 Å². The predicted octanol–water partition coefficient (Wildman–Crippen LogP) is 3.67. The van der Waals surface area contributed by atoms with Crippen LogP contribution in [-0.4, -0.2) is 23.2 Å². The number of hydrogen-bond donors (Lipinski definition) is 1. The van der Waals surface area contributed by atoms with Crippen LogP contribution in [0.2, 0.25) is 5.15 Å². The lowest BCUT2D eigenvalue weighted by Crippen LogP contribution is -2.01. The largest absolute Gasteiger partial charge is 0.494 e. The van der Waals surface area contributed by atoms with Crippen LogP contribution >= 0.6 is 11.6 Å². The molecule has 0 atom stereocenters. The van der Waals surface area contributed by atoms with Gasteiger partial charge in [-0.2, -0.15) is 0 Å². The summed E-state index contributed by atoms with van der Waals surface area (Å²) in [6.45, 7) is 5.02. The van der Waals surface area contributed by atoms with Gasteiger partial charge in [-0.25, -0.2) is 9.97 Å². The molecule has 1 heterocycles. The van der Waals surface area contributed by atoms with E-state index in [2.05, 4.69) is 15.3 Å². The lowest BCUT2D eigenvalue weighted by molar-refractivity contribution is 0.332. The third kappa shape index (κ3) is 3.51. The van der Waals surface area contributed by atoms with E-state index >= 15 is 0 Å². The Labute approximate surface area is 122 Å². The third-order valence-corrected chi connectivity index (χ3v) is 2.75. The molecule has 5 nitrogen and oxygen atoms in total. The summed E-state index contributed by atoms with van der Waals surface area (Å²) >= 11 is 6.00. The SMILES string of the molecule is CCOc1ccc(OCC)c(Nc2nccnc2Cl)c1. The average Bonchev–Trinajstić information content (AvgIpc) is 2.45. The number of rotatable bonds is 6. The Morgan fingerprint density at radius 2 is 1.85 bits per heavy atom. The fraction of sp³-hybridized carbons (Fsp3) is 0.286. The van der Waals surface area contributed by atoms with Gasteiger partial charge < -0.3 is 14.8 Å². The van der Waals surface area contributed by atoms with Gasteiger partial charge in [0.1, 0.15) is 11.5 Å². The molecule has 0 aliphatic heterocycles. The van der Waals surface area contributed by atoms with Crippen LogP contribution in [0.4, 0.5) is 11.5 Å². The normalized spacial score (nSPS) is 10.2. The molecule has 0 bridgehead atoms. The molecule has 0 saturated carbocycles. The Hall–Kier alpha value is -2.01. The minimum Gasteiger partial charge on any atom is -0.494 e.